The molecule has 73 heavy (non-hydrogen) atoms. The van der Waals surface area contributed by atoms with Gasteiger partial charge in [0, 0.05) is 19.3 Å². The first-order valence-electron chi connectivity index (χ1n) is 31.4. The van der Waals surface area contributed by atoms with E-state index in [0.29, 0.717) is 19.3 Å². The quantitative estimate of drug-likeness (QED) is 0.0261. The van der Waals surface area contributed by atoms with Crippen molar-refractivity contribution in [3.05, 3.63) is 72.9 Å². The van der Waals surface area contributed by atoms with Crippen LogP contribution in [0.25, 0.3) is 0 Å². The molecule has 6 heteroatoms. The average molecular weight is 1020 g/mol. The van der Waals surface area contributed by atoms with Crippen molar-refractivity contribution in [1.29, 1.82) is 0 Å². The minimum Gasteiger partial charge on any atom is -0.462 e. The van der Waals surface area contributed by atoms with Crippen LogP contribution in [0.15, 0.2) is 72.9 Å². The van der Waals surface area contributed by atoms with Crippen LogP contribution < -0.4 is 0 Å². The summed E-state index contributed by atoms with van der Waals surface area (Å²) in [5.41, 5.74) is 0. The molecule has 0 aliphatic rings. The van der Waals surface area contributed by atoms with Gasteiger partial charge in [0.1, 0.15) is 13.2 Å². The van der Waals surface area contributed by atoms with Crippen LogP contribution in [0.1, 0.15) is 316 Å². The van der Waals surface area contributed by atoms with E-state index >= 15 is 0 Å². The topological polar surface area (TPSA) is 78.9 Å². The van der Waals surface area contributed by atoms with Crippen molar-refractivity contribution in [2.24, 2.45) is 0 Å². The van der Waals surface area contributed by atoms with E-state index in [1.807, 2.05) is 0 Å². The predicted octanol–water partition coefficient (Wildman–Crippen LogP) is 21.3. The molecule has 0 aliphatic carbocycles. The second-order valence-corrected chi connectivity index (χ2v) is 20.9. The van der Waals surface area contributed by atoms with Gasteiger partial charge in [-0.1, -0.05) is 280 Å². The van der Waals surface area contributed by atoms with Gasteiger partial charge in [-0.25, -0.2) is 0 Å². The van der Waals surface area contributed by atoms with Gasteiger partial charge >= 0.3 is 17.9 Å². The molecule has 6 nitrogen and oxygen atoms in total. The van der Waals surface area contributed by atoms with E-state index in [9.17, 15) is 14.4 Å². The zero-order valence-corrected chi connectivity index (χ0v) is 48.4. The Labute approximate surface area is 453 Å². The fraction of sp³-hybridized carbons (Fsp3) is 0.776. The monoisotopic (exact) mass is 1020 g/mol. The largest absolute Gasteiger partial charge is 0.462 e. The van der Waals surface area contributed by atoms with Crippen LogP contribution in [0.5, 0.6) is 0 Å². The Balaban J connectivity index is 4.42. The molecule has 0 rings (SSSR count). The van der Waals surface area contributed by atoms with E-state index < -0.39 is 6.10 Å². The maximum Gasteiger partial charge on any atom is 0.306 e. The van der Waals surface area contributed by atoms with Crippen LogP contribution in [-0.2, 0) is 28.6 Å². The molecule has 0 amide bonds. The van der Waals surface area contributed by atoms with E-state index in [4.69, 9.17) is 14.2 Å². The lowest BCUT2D eigenvalue weighted by molar-refractivity contribution is -0.167. The summed E-state index contributed by atoms with van der Waals surface area (Å²) in [5, 5.41) is 0. The van der Waals surface area contributed by atoms with Crippen LogP contribution in [0.2, 0.25) is 0 Å². The highest BCUT2D eigenvalue weighted by atomic mass is 16.6. The van der Waals surface area contributed by atoms with Crippen molar-refractivity contribution < 1.29 is 28.6 Å². The molecule has 0 aromatic rings. The first kappa shape index (κ1) is 69.8. The van der Waals surface area contributed by atoms with Crippen molar-refractivity contribution >= 4 is 17.9 Å². The molecular weight excluding hydrogens is 901 g/mol. The summed E-state index contributed by atoms with van der Waals surface area (Å²) in [7, 11) is 0. The molecule has 0 saturated carbocycles. The summed E-state index contributed by atoms with van der Waals surface area (Å²) in [6.45, 7) is 6.53. The summed E-state index contributed by atoms with van der Waals surface area (Å²) in [4.78, 5) is 38.3. The van der Waals surface area contributed by atoms with Gasteiger partial charge in [0.25, 0.3) is 0 Å². The van der Waals surface area contributed by atoms with Crippen molar-refractivity contribution in [2.45, 2.75) is 322 Å². The minimum absolute atomic E-state index is 0.0873. The third kappa shape index (κ3) is 59.6. The Morgan fingerprint density at radius 3 is 0.863 bits per heavy atom. The van der Waals surface area contributed by atoms with Gasteiger partial charge < -0.3 is 14.2 Å². The fourth-order valence-corrected chi connectivity index (χ4v) is 9.00. The van der Waals surface area contributed by atoms with E-state index in [2.05, 4.69) is 93.7 Å². The van der Waals surface area contributed by atoms with E-state index in [1.54, 1.807) is 0 Å². The first-order valence-corrected chi connectivity index (χ1v) is 31.4. The number of hydrogen-bond donors (Lipinski definition) is 0. The molecule has 0 aromatic heterocycles. The predicted molar refractivity (Wildman–Crippen MR) is 316 cm³/mol. The van der Waals surface area contributed by atoms with Crippen LogP contribution in [0.3, 0.4) is 0 Å². The fourth-order valence-electron chi connectivity index (χ4n) is 9.00. The number of carbonyl (C=O) groups is 3. The van der Waals surface area contributed by atoms with Crippen molar-refractivity contribution in [3.8, 4) is 0 Å². The highest BCUT2D eigenvalue weighted by Crippen LogP contribution is 2.17. The standard InChI is InChI=1S/C67H118O6/c1-4-7-10-13-16-19-22-25-28-31-33-36-39-42-45-48-51-54-57-60-66(69)72-63-64(62-71-65(68)59-56-53-50-47-44-41-38-35-30-27-24-21-18-15-12-9-6-3)73-67(70)61-58-55-52-49-46-43-40-37-34-32-29-26-23-20-17-14-11-8-5-2/h8,11,17,20,26-27,29-30,34,37,43,46,64H,4-7,9-10,12-16,18-19,21-25,28,31-33,35-36,38-42,44-45,47-63H2,1-3H3/b11-8-,20-17-,29-26-,30-27-,37-34-,46-43-/t64-/m1/s1. The van der Waals surface area contributed by atoms with Crippen molar-refractivity contribution in [1.82, 2.24) is 0 Å². The van der Waals surface area contributed by atoms with Gasteiger partial charge in [0.15, 0.2) is 6.10 Å². The van der Waals surface area contributed by atoms with Crippen LogP contribution in [-0.4, -0.2) is 37.2 Å². The van der Waals surface area contributed by atoms with Gasteiger partial charge in [0.05, 0.1) is 0 Å². The van der Waals surface area contributed by atoms with Gasteiger partial charge in [0.2, 0.25) is 0 Å². The Morgan fingerprint density at radius 2 is 0.534 bits per heavy atom. The van der Waals surface area contributed by atoms with Gasteiger partial charge in [-0.2, -0.15) is 0 Å². The zero-order valence-electron chi connectivity index (χ0n) is 48.4. The lowest BCUT2D eigenvalue weighted by atomic mass is 10.0. The summed E-state index contributed by atoms with van der Waals surface area (Å²) in [5.74, 6) is -0.909. The van der Waals surface area contributed by atoms with Crippen LogP contribution >= 0.6 is 0 Å². The first-order chi connectivity index (χ1) is 36.0. The Kier molecular flexibility index (Phi) is 58.7. The van der Waals surface area contributed by atoms with Gasteiger partial charge in [-0.05, 0) is 89.9 Å². The molecule has 0 saturated heterocycles. The number of rotatable bonds is 57. The van der Waals surface area contributed by atoms with E-state index in [-0.39, 0.29) is 31.1 Å². The molecule has 0 spiro atoms. The number of hydrogen-bond acceptors (Lipinski definition) is 6. The molecule has 0 unspecified atom stereocenters. The number of esters is 3. The third-order valence-corrected chi connectivity index (χ3v) is 13.7. The molecule has 1 atom stereocenters. The lowest BCUT2D eigenvalue weighted by Gasteiger charge is -2.18. The van der Waals surface area contributed by atoms with Crippen LogP contribution in [0, 0.1) is 0 Å². The maximum absolute atomic E-state index is 12.9. The Bertz CT molecular complexity index is 1360. The van der Waals surface area contributed by atoms with Crippen molar-refractivity contribution in [2.75, 3.05) is 13.2 Å². The average Bonchev–Trinajstić information content (AvgIpc) is 3.39. The summed E-state index contributed by atoms with van der Waals surface area (Å²) in [6, 6.07) is 0. The molecule has 0 fully saturated rings. The highest BCUT2D eigenvalue weighted by molar-refractivity contribution is 5.71. The SMILES string of the molecule is CC/C=C\C/C=C\C/C=C\C/C=C\C/C=C\CCCCCC(=O)O[C@H](COC(=O)CCCCCCCCC/C=C\CCCCCCCC)COC(=O)CCCCCCCCCCCCCCCCCCCCC. The summed E-state index contributed by atoms with van der Waals surface area (Å²) in [6.07, 6.45) is 79.0. The van der Waals surface area contributed by atoms with Gasteiger partial charge in [-0.15, -0.1) is 0 Å². The molecule has 422 valence electrons. The summed E-state index contributed by atoms with van der Waals surface area (Å²) < 4.78 is 16.9. The second-order valence-electron chi connectivity index (χ2n) is 20.9. The Morgan fingerprint density at radius 1 is 0.288 bits per heavy atom. The lowest BCUT2D eigenvalue weighted by Crippen LogP contribution is -2.30. The van der Waals surface area contributed by atoms with E-state index in [1.165, 1.54) is 180 Å². The van der Waals surface area contributed by atoms with Crippen molar-refractivity contribution in [3.63, 3.8) is 0 Å². The van der Waals surface area contributed by atoms with Crippen LogP contribution in [0.4, 0.5) is 0 Å². The normalized spacial score (nSPS) is 12.5. The third-order valence-electron chi connectivity index (χ3n) is 13.7. The summed E-state index contributed by atoms with van der Waals surface area (Å²) >= 11 is 0. The Hall–Kier alpha value is -3.15. The molecule has 0 bridgehead atoms. The molecule has 0 radical (unpaired) electrons. The molecule has 0 heterocycles. The minimum atomic E-state index is -0.794. The number of unbranched alkanes of at least 4 members (excludes halogenated alkanes) is 34. The number of allylic oxidation sites excluding steroid dienone is 12. The molecular formula is C67H118O6. The van der Waals surface area contributed by atoms with E-state index in [0.717, 1.165) is 96.3 Å². The number of carbonyl (C=O) groups excluding carboxylic acids is 3. The smallest absolute Gasteiger partial charge is 0.306 e. The zero-order chi connectivity index (χ0) is 52.9. The molecule has 0 N–H and O–H groups in total. The maximum atomic E-state index is 12.9. The molecule has 0 aromatic carbocycles. The number of ether oxygens (including phenoxy) is 3. The molecule has 0 aliphatic heterocycles. The highest BCUT2D eigenvalue weighted by Gasteiger charge is 2.19. The second kappa shape index (κ2) is 61.4. The van der Waals surface area contributed by atoms with Gasteiger partial charge in [-0.3, -0.25) is 14.4 Å².